The molecule has 0 spiro atoms. The smallest absolute Gasteiger partial charge is 0.294 e. The Balaban J connectivity index is 1.53. The minimum atomic E-state index is -0.500. The zero-order valence-corrected chi connectivity index (χ0v) is 22.0. The second-order valence-electron chi connectivity index (χ2n) is 7.58. The van der Waals surface area contributed by atoms with Crippen LogP contribution in [0.1, 0.15) is 17.0 Å². The summed E-state index contributed by atoms with van der Waals surface area (Å²) < 4.78 is 2.87. The molecule has 0 atom stereocenters. The van der Waals surface area contributed by atoms with Crippen LogP contribution in [-0.2, 0) is 9.59 Å². The number of hydrogen-bond acceptors (Lipinski definition) is 4. The molecule has 0 saturated carbocycles. The van der Waals surface area contributed by atoms with E-state index in [4.69, 9.17) is 23.2 Å². The third-order valence-electron chi connectivity index (χ3n) is 5.22. The first kappa shape index (κ1) is 24.6. The van der Waals surface area contributed by atoms with Crippen LogP contribution >= 0.6 is 50.9 Å². The van der Waals surface area contributed by atoms with Crippen molar-refractivity contribution in [2.45, 2.75) is 13.8 Å². The third-order valence-corrected chi connectivity index (χ3v) is 7.40. The summed E-state index contributed by atoms with van der Waals surface area (Å²) in [5.74, 6) is -0.955. The van der Waals surface area contributed by atoms with Gasteiger partial charge in [0.15, 0.2) is 0 Å². The average Bonchev–Trinajstić information content (AvgIpc) is 3.21. The maximum absolute atomic E-state index is 12.9. The number of hydrogen-bond donors (Lipinski definition) is 1. The summed E-state index contributed by atoms with van der Waals surface area (Å²) in [7, 11) is 0. The zero-order valence-electron chi connectivity index (χ0n) is 18.1. The predicted octanol–water partition coefficient (Wildman–Crippen LogP) is 6.84. The minimum absolute atomic E-state index is 0.260. The highest BCUT2D eigenvalue weighted by Crippen LogP contribution is 2.34. The van der Waals surface area contributed by atoms with E-state index in [0.29, 0.717) is 15.7 Å². The number of rotatable bonds is 5. The van der Waals surface area contributed by atoms with Gasteiger partial charge in [0.05, 0.1) is 15.0 Å². The van der Waals surface area contributed by atoms with E-state index in [1.165, 1.54) is 0 Å². The van der Waals surface area contributed by atoms with Crippen LogP contribution in [0.25, 0.3) is 11.8 Å². The molecule has 4 rings (SSSR count). The van der Waals surface area contributed by atoms with Gasteiger partial charge in [-0.05, 0) is 85.8 Å². The lowest BCUT2D eigenvalue weighted by Crippen LogP contribution is -2.36. The van der Waals surface area contributed by atoms with Crippen molar-refractivity contribution in [2.24, 2.45) is 0 Å². The molecule has 3 amide bonds. The number of aryl methyl sites for hydroxylation is 1. The van der Waals surface area contributed by atoms with E-state index < -0.39 is 17.1 Å². The summed E-state index contributed by atoms with van der Waals surface area (Å²) in [6.07, 6.45) is 1.67. The second kappa shape index (κ2) is 10.00. The number of imide groups is 1. The van der Waals surface area contributed by atoms with Gasteiger partial charge in [-0.2, -0.15) is 0 Å². The van der Waals surface area contributed by atoms with E-state index in [0.717, 1.165) is 43.8 Å². The van der Waals surface area contributed by atoms with Crippen molar-refractivity contribution in [3.8, 4) is 5.69 Å². The van der Waals surface area contributed by atoms with Crippen LogP contribution in [0, 0.1) is 13.8 Å². The van der Waals surface area contributed by atoms with E-state index in [1.807, 2.05) is 30.5 Å². The Kier molecular flexibility index (Phi) is 7.23. The quantitative estimate of drug-likeness (QED) is 0.336. The Morgan fingerprint density at radius 3 is 2.44 bits per heavy atom. The van der Waals surface area contributed by atoms with Crippen molar-refractivity contribution in [3.63, 3.8) is 0 Å². The molecule has 1 aromatic heterocycles. The maximum Gasteiger partial charge on any atom is 0.294 e. The number of aromatic nitrogens is 1. The second-order valence-corrected chi connectivity index (χ2v) is 10.3. The number of amides is 3. The highest BCUT2D eigenvalue weighted by molar-refractivity contribution is 9.10. The maximum atomic E-state index is 12.9. The molecule has 1 saturated heterocycles. The first-order valence-electron chi connectivity index (χ1n) is 10.1. The molecule has 3 aromatic rings. The molecule has 34 heavy (non-hydrogen) atoms. The van der Waals surface area contributed by atoms with Crippen molar-refractivity contribution < 1.29 is 14.4 Å². The molecule has 2 heterocycles. The van der Waals surface area contributed by atoms with Gasteiger partial charge >= 0.3 is 0 Å². The predicted molar refractivity (Wildman–Crippen MR) is 141 cm³/mol. The van der Waals surface area contributed by atoms with Gasteiger partial charge in [-0.3, -0.25) is 19.3 Å². The van der Waals surface area contributed by atoms with Crippen LogP contribution in [0.2, 0.25) is 10.0 Å². The Bertz CT molecular complexity index is 1350. The van der Waals surface area contributed by atoms with Crippen molar-refractivity contribution in [1.29, 1.82) is 0 Å². The molecule has 0 aliphatic carbocycles. The van der Waals surface area contributed by atoms with Crippen molar-refractivity contribution in [2.75, 3.05) is 11.9 Å². The molecule has 0 bridgehead atoms. The number of carbonyl (C=O) groups excluding carboxylic acids is 3. The van der Waals surface area contributed by atoms with E-state index >= 15 is 0 Å². The highest BCUT2D eigenvalue weighted by Gasteiger charge is 2.36. The number of benzene rings is 2. The molecule has 6 nitrogen and oxygen atoms in total. The van der Waals surface area contributed by atoms with Crippen LogP contribution in [0.5, 0.6) is 0 Å². The summed E-state index contributed by atoms with van der Waals surface area (Å²) in [4.78, 5) is 39.0. The van der Waals surface area contributed by atoms with Gasteiger partial charge in [0.25, 0.3) is 11.1 Å². The molecule has 1 aliphatic heterocycles. The van der Waals surface area contributed by atoms with Gasteiger partial charge in [0.1, 0.15) is 6.54 Å². The lowest BCUT2D eigenvalue weighted by molar-refractivity contribution is -0.127. The largest absolute Gasteiger partial charge is 0.325 e. The fraction of sp³-hybridized carbons (Fsp3) is 0.125. The molecule has 10 heteroatoms. The summed E-state index contributed by atoms with van der Waals surface area (Å²) >= 11 is 16.4. The molecular weight excluding hydrogens is 561 g/mol. The molecular formula is C24H18BrCl2N3O3S. The molecule has 1 fully saturated rings. The van der Waals surface area contributed by atoms with Crippen LogP contribution in [-0.4, -0.2) is 33.1 Å². The van der Waals surface area contributed by atoms with E-state index in [9.17, 15) is 14.4 Å². The number of nitrogens with zero attached hydrogens (tertiary/aromatic N) is 2. The minimum Gasteiger partial charge on any atom is -0.325 e. The van der Waals surface area contributed by atoms with Gasteiger partial charge < -0.3 is 9.88 Å². The van der Waals surface area contributed by atoms with Crippen LogP contribution < -0.4 is 5.32 Å². The number of carbonyl (C=O) groups is 3. The van der Waals surface area contributed by atoms with Crippen molar-refractivity contribution >= 4 is 79.7 Å². The van der Waals surface area contributed by atoms with Crippen LogP contribution in [0.4, 0.5) is 10.5 Å². The summed E-state index contributed by atoms with van der Waals surface area (Å²) in [6.45, 7) is 3.49. The zero-order chi connectivity index (χ0) is 24.6. The van der Waals surface area contributed by atoms with E-state index in [1.54, 1.807) is 42.5 Å². The molecule has 1 aliphatic rings. The van der Waals surface area contributed by atoms with Gasteiger partial charge in [0.2, 0.25) is 5.91 Å². The normalized spacial score (nSPS) is 14.9. The summed E-state index contributed by atoms with van der Waals surface area (Å²) in [6, 6.07) is 14.3. The molecule has 174 valence electrons. The summed E-state index contributed by atoms with van der Waals surface area (Å²) in [5.41, 5.74) is 3.99. The highest BCUT2D eigenvalue weighted by atomic mass is 79.9. The van der Waals surface area contributed by atoms with Gasteiger partial charge in [-0.15, -0.1) is 0 Å². The van der Waals surface area contributed by atoms with Gasteiger partial charge in [-0.25, -0.2) is 0 Å². The first-order valence-corrected chi connectivity index (χ1v) is 12.5. The first-order chi connectivity index (χ1) is 16.1. The van der Waals surface area contributed by atoms with E-state index in [-0.39, 0.29) is 11.4 Å². The van der Waals surface area contributed by atoms with Gasteiger partial charge in [-0.1, -0.05) is 39.1 Å². The Morgan fingerprint density at radius 1 is 1.06 bits per heavy atom. The Labute approximate surface area is 219 Å². The fourth-order valence-corrected chi connectivity index (χ4v) is 5.00. The topological polar surface area (TPSA) is 71.4 Å². The standard InChI is InChI=1S/C24H18BrCl2N3O3S/c1-13-9-15(14(2)30(13)18-7-8-19(26)20(27)11-18)10-21-23(32)29(24(33)34-21)12-22(31)28-17-5-3-16(25)4-6-17/h3-11H,12H2,1-2H3,(H,28,31)/b21-10-. The lowest BCUT2D eigenvalue weighted by Gasteiger charge is -2.12. The molecule has 2 aromatic carbocycles. The lowest BCUT2D eigenvalue weighted by atomic mass is 10.2. The fourth-order valence-electron chi connectivity index (χ4n) is 3.61. The Hall–Kier alpha value is -2.52. The van der Waals surface area contributed by atoms with Crippen LogP contribution in [0.3, 0.4) is 0 Å². The monoisotopic (exact) mass is 577 g/mol. The summed E-state index contributed by atoms with van der Waals surface area (Å²) in [5, 5.41) is 3.11. The Morgan fingerprint density at radius 2 is 1.76 bits per heavy atom. The molecule has 0 unspecified atom stereocenters. The van der Waals surface area contributed by atoms with Crippen molar-refractivity contribution in [3.05, 3.63) is 84.9 Å². The number of halogens is 3. The van der Waals surface area contributed by atoms with Crippen molar-refractivity contribution in [1.82, 2.24) is 9.47 Å². The molecule has 1 N–H and O–H groups in total. The van der Waals surface area contributed by atoms with E-state index in [2.05, 4.69) is 21.2 Å². The average molecular weight is 579 g/mol. The van der Waals surface area contributed by atoms with Gasteiger partial charge in [0, 0.05) is 27.2 Å². The number of nitrogens with one attached hydrogen (secondary N) is 1. The van der Waals surface area contributed by atoms with Crippen LogP contribution in [0.15, 0.2) is 57.9 Å². The SMILES string of the molecule is Cc1cc(/C=C2\SC(=O)N(CC(=O)Nc3ccc(Br)cc3)C2=O)c(C)n1-c1ccc(Cl)c(Cl)c1. The third kappa shape index (κ3) is 5.10. The number of thioether (sulfide) groups is 1. The molecule has 0 radical (unpaired) electrons. The number of anilines is 1.